The number of carbonyl (C=O) groups is 3. The van der Waals surface area contributed by atoms with Crippen molar-refractivity contribution in [2.45, 2.75) is 309 Å². The molecule has 546 valence electrons. The summed E-state index contributed by atoms with van der Waals surface area (Å²) in [6, 6.07) is 0. The second kappa shape index (κ2) is 69.8. The predicted octanol–water partition coefficient (Wildman–Crippen LogP) is 21.0. The van der Waals surface area contributed by atoms with Gasteiger partial charge in [-0.3, -0.25) is 32.5 Å². The zero-order valence-electron chi connectivity index (χ0n) is 59.3. The zero-order valence-corrected chi connectivity index (χ0v) is 61.1. The van der Waals surface area contributed by atoms with Gasteiger partial charge in [0.25, 0.3) is 0 Å². The molecule has 0 aromatic rings. The van der Waals surface area contributed by atoms with Gasteiger partial charge in [-0.05, 0) is 103 Å². The SMILES string of the molecule is CC/C=C\C/C=C\C/C=C\C/C=C\C/C=C\CCCCCCCCCCCCCC(=O)OCC(O)COP(=O)(O)OCC(O)COP(=O)(O)OCC(COC(=O)CCC/C=C\C/C=C\C/C=C\C/C=C\C/C=C\CC)OC(=O)CCCCCCCCCCCCCCCCC. The van der Waals surface area contributed by atoms with Crippen LogP contribution in [0.1, 0.15) is 290 Å². The summed E-state index contributed by atoms with van der Waals surface area (Å²) in [7, 11) is -9.80. The average Bonchev–Trinajstić information content (AvgIpc) is 2.05. The fourth-order valence-corrected chi connectivity index (χ4v) is 11.2. The maximum Gasteiger partial charge on any atom is 0.472 e. The van der Waals surface area contributed by atoms with E-state index in [4.69, 9.17) is 32.3 Å². The van der Waals surface area contributed by atoms with Crippen molar-refractivity contribution in [3.05, 3.63) is 122 Å². The van der Waals surface area contributed by atoms with Gasteiger partial charge < -0.3 is 34.2 Å². The molecule has 95 heavy (non-hydrogen) atoms. The Bertz CT molecular complexity index is 2210. The molecule has 5 atom stereocenters. The Morgan fingerprint density at radius 1 is 0.305 bits per heavy atom. The minimum absolute atomic E-state index is 0.0922. The molecule has 0 aromatic carbocycles. The molecule has 0 aromatic heterocycles. The van der Waals surface area contributed by atoms with E-state index in [2.05, 4.69) is 130 Å². The van der Waals surface area contributed by atoms with Gasteiger partial charge in [0, 0.05) is 19.3 Å². The molecule has 16 nitrogen and oxygen atoms in total. The second-order valence-electron chi connectivity index (χ2n) is 24.3. The lowest BCUT2D eigenvalue weighted by Crippen LogP contribution is -2.30. The molecule has 0 radical (unpaired) electrons. The Balaban J connectivity index is 4.57. The lowest BCUT2D eigenvalue weighted by atomic mass is 10.0. The Hall–Kier alpha value is -4.05. The summed E-state index contributed by atoms with van der Waals surface area (Å²) in [5, 5.41) is 20.6. The van der Waals surface area contributed by atoms with Crippen molar-refractivity contribution in [3.8, 4) is 0 Å². The van der Waals surface area contributed by atoms with E-state index >= 15 is 0 Å². The van der Waals surface area contributed by atoms with Crippen molar-refractivity contribution < 1.29 is 75.8 Å². The molecule has 0 rings (SSSR count). The number of hydrogen-bond donors (Lipinski definition) is 4. The lowest BCUT2D eigenvalue weighted by molar-refractivity contribution is -0.161. The molecular weight excluding hydrogens is 1240 g/mol. The van der Waals surface area contributed by atoms with Crippen LogP contribution in [0, 0.1) is 0 Å². The number of aliphatic hydroxyl groups excluding tert-OH is 2. The van der Waals surface area contributed by atoms with Crippen LogP contribution in [0.3, 0.4) is 0 Å². The van der Waals surface area contributed by atoms with Crippen molar-refractivity contribution in [3.63, 3.8) is 0 Å². The summed E-state index contributed by atoms with van der Waals surface area (Å²) >= 11 is 0. The number of phosphoric ester groups is 2. The minimum atomic E-state index is -4.94. The largest absolute Gasteiger partial charge is 0.472 e. The molecule has 18 heteroatoms. The summed E-state index contributed by atoms with van der Waals surface area (Å²) in [5.74, 6) is -1.64. The van der Waals surface area contributed by atoms with Gasteiger partial charge >= 0.3 is 33.6 Å². The van der Waals surface area contributed by atoms with Crippen LogP contribution in [-0.2, 0) is 55.8 Å². The van der Waals surface area contributed by atoms with Crippen molar-refractivity contribution in [1.29, 1.82) is 0 Å². The summed E-state index contributed by atoms with van der Waals surface area (Å²) in [6.45, 7) is 2.39. The summed E-state index contributed by atoms with van der Waals surface area (Å²) in [4.78, 5) is 58.5. The maximum absolute atomic E-state index is 12.9. The minimum Gasteiger partial charge on any atom is -0.463 e. The second-order valence-corrected chi connectivity index (χ2v) is 27.2. The Labute approximate surface area is 576 Å². The number of aliphatic hydroxyl groups is 2. The van der Waals surface area contributed by atoms with Crippen molar-refractivity contribution in [2.75, 3.05) is 39.6 Å². The Morgan fingerprint density at radius 3 is 0.926 bits per heavy atom. The molecule has 0 spiro atoms. The number of ether oxygens (including phenoxy) is 3. The number of unbranched alkanes of at least 4 members (excludes halogenated alkanes) is 26. The molecule has 0 fully saturated rings. The van der Waals surface area contributed by atoms with E-state index in [1.54, 1.807) is 0 Å². The highest BCUT2D eigenvalue weighted by atomic mass is 31.2. The molecule has 0 aliphatic carbocycles. The maximum atomic E-state index is 12.9. The van der Waals surface area contributed by atoms with E-state index < -0.39 is 91.5 Å². The van der Waals surface area contributed by atoms with Crippen LogP contribution in [0.5, 0.6) is 0 Å². The number of carbonyl (C=O) groups excluding carboxylic acids is 3. The van der Waals surface area contributed by atoms with Crippen LogP contribution in [0.4, 0.5) is 0 Å². The molecule has 0 bridgehead atoms. The molecule has 0 saturated heterocycles. The average molecular weight is 1380 g/mol. The van der Waals surface area contributed by atoms with Gasteiger partial charge in [0.15, 0.2) is 6.10 Å². The van der Waals surface area contributed by atoms with Gasteiger partial charge in [0.05, 0.1) is 26.4 Å². The lowest BCUT2D eigenvalue weighted by Gasteiger charge is -2.21. The summed E-state index contributed by atoms with van der Waals surface area (Å²) < 4.78 is 60.9. The quantitative estimate of drug-likeness (QED) is 0.0146. The fraction of sp³-hybridized carbons (Fsp3) is 0.701. The van der Waals surface area contributed by atoms with Gasteiger partial charge in [-0.25, -0.2) is 9.13 Å². The third-order valence-corrected chi connectivity index (χ3v) is 17.1. The van der Waals surface area contributed by atoms with Gasteiger partial charge in [-0.1, -0.05) is 290 Å². The van der Waals surface area contributed by atoms with E-state index in [0.29, 0.717) is 25.7 Å². The van der Waals surface area contributed by atoms with Gasteiger partial charge in [0.2, 0.25) is 0 Å². The van der Waals surface area contributed by atoms with Gasteiger partial charge in [-0.15, -0.1) is 0 Å². The molecule has 4 N–H and O–H groups in total. The van der Waals surface area contributed by atoms with Crippen LogP contribution in [0.2, 0.25) is 0 Å². The molecular formula is C77H132O16P2. The van der Waals surface area contributed by atoms with Crippen LogP contribution < -0.4 is 0 Å². The predicted molar refractivity (Wildman–Crippen MR) is 390 cm³/mol. The number of hydrogen-bond acceptors (Lipinski definition) is 14. The van der Waals surface area contributed by atoms with Crippen molar-refractivity contribution >= 4 is 33.6 Å². The van der Waals surface area contributed by atoms with Gasteiger partial charge in [0.1, 0.15) is 25.4 Å². The van der Waals surface area contributed by atoms with E-state index in [1.165, 1.54) is 109 Å². The number of allylic oxidation sites excluding steroid dienone is 20. The topological polar surface area (TPSA) is 231 Å². The molecule has 5 unspecified atom stereocenters. The van der Waals surface area contributed by atoms with Crippen molar-refractivity contribution in [1.82, 2.24) is 0 Å². The van der Waals surface area contributed by atoms with E-state index in [0.717, 1.165) is 116 Å². The third-order valence-electron chi connectivity index (χ3n) is 15.2. The highest BCUT2D eigenvalue weighted by Crippen LogP contribution is 2.45. The normalized spacial score (nSPS) is 14.8. The van der Waals surface area contributed by atoms with Crippen molar-refractivity contribution in [2.24, 2.45) is 0 Å². The Morgan fingerprint density at radius 2 is 0.568 bits per heavy atom. The van der Waals surface area contributed by atoms with Crippen LogP contribution in [0.25, 0.3) is 0 Å². The summed E-state index contributed by atoms with van der Waals surface area (Å²) in [5.41, 5.74) is 0. The number of phosphoric acid groups is 2. The fourth-order valence-electron chi connectivity index (χ4n) is 9.63. The summed E-state index contributed by atoms with van der Waals surface area (Å²) in [6.07, 6.45) is 81.2. The first kappa shape index (κ1) is 91.0. The number of rotatable bonds is 69. The first-order chi connectivity index (χ1) is 46.2. The molecule has 0 saturated carbocycles. The first-order valence-corrected chi connectivity index (χ1v) is 39.8. The standard InChI is InChI=1S/C77H132O16P2/c1-4-7-10-13-16-19-22-25-28-30-31-32-33-34-35-36-37-38-39-41-44-45-48-51-54-57-60-63-75(80)87-66-72(78)67-89-94(83,84)90-68-73(79)69-91-95(85,86)92-71-74(93-77(82)65-62-59-56-53-50-47-42-27-24-21-18-15-12-9-6-3)70-88-76(81)64-61-58-55-52-49-46-43-40-29-26-23-20-17-14-11-8-5-2/h7-8,10-11,16-17,19-20,25-26,28-29,31-32,34-35,43,46,52,55,72-74,78-79H,4-6,9,12-15,18,21-24,27,30,33,36-42,44-45,47-51,53-54,56-71H2,1-3H3,(H,83,84)(H,85,86)/b10-7-,11-8-,19-16-,20-17-,28-25-,29-26-,32-31-,35-34-,46-43-,55-52-. The van der Waals surface area contributed by atoms with E-state index in [-0.39, 0.29) is 19.3 Å². The molecule has 0 aliphatic heterocycles. The highest BCUT2D eigenvalue weighted by Gasteiger charge is 2.29. The smallest absolute Gasteiger partial charge is 0.463 e. The van der Waals surface area contributed by atoms with E-state index in [1.807, 2.05) is 12.2 Å². The molecule has 0 aliphatic rings. The van der Waals surface area contributed by atoms with Crippen LogP contribution in [0.15, 0.2) is 122 Å². The van der Waals surface area contributed by atoms with Crippen LogP contribution >= 0.6 is 15.6 Å². The molecule has 0 amide bonds. The number of esters is 3. The van der Waals surface area contributed by atoms with Gasteiger partial charge in [-0.2, -0.15) is 0 Å². The van der Waals surface area contributed by atoms with E-state index in [9.17, 15) is 43.5 Å². The Kier molecular flexibility index (Phi) is 66.9. The zero-order chi connectivity index (χ0) is 69.5. The first-order valence-electron chi connectivity index (χ1n) is 36.8. The third kappa shape index (κ3) is 71.1. The van der Waals surface area contributed by atoms with Crippen LogP contribution in [-0.4, -0.2) is 95.9 Å². The monoisotopic (exact) mass is 1370 g/mol. The molecule has 0 heterocycles. The highest BCUT2D eigenvalue weighted by molar-refractivity contribution is 7.47.